The zero-order valence-electron chi connectivity index (χ0n) is 15.0. The number of fused-ring (bicyclic) bond motifs is 1. The van der Waals surface area contributed by atoms with Crippen molar-refractivity contribution in [3.63, 3.8) is 0 Å². The summed E-state index contributed by atoms with van der Waals surface area (Å²) in [6, 6.07) is 9.57. The van der Waals surface area contributed by atoms with E-state index in [1.165, 1.54) is 0 Å². The van der Waals surface area contributed by atoms with Crippen molar-refractivity contribution in [2.75, 3.05) is 6.54 Å². The molecule has 1 aliphatic heterocycles. The van der Waals surface area contributed by atoms with Crippen LogP contribution in [0.25, 0.3) is 0 Å². The van der Waals surface area contributed by atoms with E-state index in [1.807, 2.05) is 29.3 Å². The van der Waals surface area contributed by atoms with Gasteiger partial charge in [0, 0.05) is 43.4 Å². The summed E-state index contributed by atoms with van der Waals surface area (Å²) in [6.07, 6.45) is 6.41. The molecule has 3 aromatic rings. The molecule has 1 atom stereocenters. The first-order chi connectivity index (χ1) is 12.6. The molecule has 0 spiro atoms. The molecule has 0 saturated carbocycles. The van der Waals surface area contributed by atoms with Gasteiger partial charge in [0.25, 0.3) is 5.91 Å². The van der Waals surface area contributed by atoms with Gasteiger partial charge in [-0.2, -0.15) is 0 Å². The molecular formula is C20H22N4O2. The molecule has 6 nitrogen and oxygen atoms in total. The SMILES string of the molecule is CC(C)Cc1cc(C(=O)N2CCn3cccc3[C@@H]2c2cccnc2)on1. The number of carbonyl (C=O) groups is 1. The zero-order valence-corrected chi connectivity index (χ0v) is 15.0. The quantitative estimate of drug-likeness (QED) is 0.724. The highest BCUT2D eigenvalue weighted by Gasteiger charge is 2.34. The minimum atomic E-state index is -0.182. The van der Waals surface area contributed by atoms with Crippen LogP contribution in [0.4, 0.5) is 0 Å². The highest BCUT2D eigenvalue weighted by atomic mass is 16.5. The van der Waals surface area contributed by atoms with Gasteiger partial charge in [-0.25, -0.2) is 0 Å². The van der Waals surface area contributed by atoms with E-state index >= 15 is 0 Å². The largest absolute Gasteiger partial charge is 0.351 e. The molecular weight excluding hydrogens is 328 g/mol. The Balaban J connectivity index is 1.68. The van der Waals surface area contributed by atoms with Crippen molar-refractivity contribution in [1.82, 2.24) is 19.6 Å². The third-order valence-electron chi connectivity index (χ3n) is 4.69. The Kier molecular flexibility index (Phi) is 4.32. The molecule has 0 unspecified atom stereocenters. The van der Waals surface area contributed by atoms with E-state index in [1.54, 1.807) is 12.3 Å². The van der Waals surface area contributed by atoms with Crippen LogP contribution in [0.15, 0.2) is 53.4 Å². The van der Waals surface area contributed by atoms with Crippen LogP contribution in [0.2, 0.25) is 0 Å². The molecule has 0 aromatic carbocycles. The Labute approximate surface area is 152 Å². The first-order valence-corrected chi connectivity index (χ1v) is 8.95. The summed E-state index contributed by atoms with van der Waals surface area (Å²) >= 11 is 0. The molecule has 1 aliphatic rings. The summed E-state index contributed by atoms with van der Waals surface area (Å²) in [5.41, 5.74) is 2.89. The van der Waals surface area contributed by atoms with Gasteiger partial charge in [-0.1, -0.05) is 25.1 Å². The molecule has 0 fully saturated rings. The number of carbonyl (C=O) groups excluding carboxylic acids is 1. The summed E-state index contributed by atoms with van der Waals surface area (Å²) < 4.78 is 7.56. The maximum Gasteiger partial charge on any atom is 0.293 e. The van der Waals surface area contributed by atoms with E-state index in [-0.39, 0.29) is 11.9 Å². The van der Waals surface area contributed by atoms with Crippen molar-refractivity contribution in [3.8, 4) is 0 Å². The molecule has 4 heterocycles. The summed E-state index contributed by atoms with van der Waals surface area (Å²) in [4.78, 5) is 19.3. The Morgan fingerprint density at radius 2 is 2.19 bits per heavy atom. The fourth-order valence-corrected chi connectivity index (χ4v) is 3.56. The normalized spacial score (nSPS) is 16.7. The smallest absolute Gasteiger partial charge is 0.293 e. The second-order valence-corrected chi connectivity index (χ2v) is 7.09. The van der Waals surface area contributed by atoms with Gasteiger partial charge in [-0.3, -0.25) is 9.78 Å². The van der Waals surface area contributed by atoms with Crippen LogP contribution < -0.4 is 0 Å². The van der Waals surface area contributed by atoms with Crippen molar-refractivity contribution in [2.24, 2.45) is 5.92 Å². The number of rotatable bonds is 4. The van der Waals surface area contributed by atoms with E-state index in [4.69, 9.17) is 4.52 Å². The fourth-order valence-electron chi connectivity index (χ4n) is 3.56. The van der Waals surface area contributed by atoms with Gasteiger partial charge in [0.15, 0.2) is 0 Å². The van der Waals surface area contributed by atoms with E-state index in [0.717, 1.165) is 29.9 Å². The predicted octanol–water partition coefficient (Wildman–Crippen LogP) is 3.32. The van der Waals surface area contributed by atoms with Gasteiger partial charge in [-0.05, 0) is 36.1 Å². The van der Waals surface area contributed by atoms with Gasteiger partial charge in [0.05, 0.1) is 11.7 Å². The zero-order chi connectivity index (χ0) is 18.1. The second kappa shape index (κ2) is 6.78. The Bertz CT molecular complexity index is 897. The van der Waals surface area contributed by atoms with Crippen LogP contribution in [0, 0.1) is 5.92 Å². The van der Waals surface area contributed by atoms with Crippen LogP contribution in [0.5, 0.6) is 0 Å². The van der Waals surface area contributed by atoms with Crippen molar-refractivity contribution in [3.05, 3.63) is 71.6 Å². The van der Waals surface area contributed by atoms with E-state index in [9.17, 15) is 4.79 Å². The predicted molar refractivity (Wildman–Crippen MR) is 96.6 cm³/mol. The van der Waals surface area contributed by atoms with Crippen LogP contribution >= 0.6 is 0 Å². The summed E-state index contributed by atoms with van der Waals surface area (Å²) in [7, 11) is 0. The van der Waals surface area contributed by atoms with E-state index < -0.39 is 0 Å². The van der Waals surface area contributed by atoms with Crippen LogP contribution in [0.3, 0.4) is 0 Å². The van der Waals surface area contributed by atoms with E-state index in [0.29, 0.717) is 18.2 Å². The summed E-state index contributed by atoms with van der Waals surface area (Å²) in [6.45, 7) is 5.61. The van der Waals surface area contributed by atoms with Crippen molar-refractivity contribution in [2.45, 2.75) is 32.9 Å². The van der Waals surface area contributed by atoms with E-state index in [2.05, 4.69) is 40.8 Å². The Morgan fingerprint density at radius 3 is 2.96 bits per heavy atom. The number of pyridine rings is 1. The van der Waals surface area contributed by atoms with Gasteiger partial charge < -0.3 is 14.0 Å². The lowest BCUT2D eigenvalue weighted by atomic mass is 10.0. The average molecular weight is 350 g/mol. The number of aromatic nitrogens is 3. The van der Waals surface area contributed by atoms with Crippen LogP contribution in [0.1, 0.15) is 47.4 Å². The van der Waals surface area contributed by atoms with Crippen molar-refractivity contribution in [1.29, 1.82) is 0 Å². The molecule has 0 bridgehead atoms. The van der Waals surface area contributed by atoms with Crippen molar-refractivity contribution >= 4 is 5.91 Å². The molecule has 3 aromatic heterocycles. The standard InChI is InChI=1S/C20H22N4O2/c1-14(2)11-16-12-18(26-22-16)20(25)24-10-9-23-8-4-6-17(23)19(24)15-5-3-7-21-13-15/h3-8,12-14,19H,9-11H2,1-2H3/t19-/m0/s1. The topological polar surface area (TPSA) is 64.2 Å². The second-order valence-electron chi connectivity index (χ2n) is 7.09. The van der Waals surface area contributed by atoms with Crippen molar-refractivity contribution < 1.29 is 9.32 Å². The number of hydrogen-bond acceptors (Lipinski definition) is 4. The fraction of sp³-hybridized carbons (Fsp3) is 0.350. The summed E-state index contributed by atoms with van der Waals surface area (Å²) in [5.74, 6) is 0.632. The Hall–Kier alpha value is -2.89. The van der Waals surface area contributed by atoms with Gasteiger partial charge in [-0.15, -0.1) is 0 Å². The number of nitrogens with zero attached hydrogens (tertiary/aromatic N) is 4. The highest BCUT2D eigenvalue weighted by molar-refractivity contribution is 5.92. The highest BCUT2D eigenvalue weighted by Crippen LogP contribution is 2.33. The lowest BCUT2D eigenvalue weighted by Crippen LogP contribution is -2.42. The molecule has 4 rings (SSSR count). The monoisotopic (exact) mass is 350 g/mol. The molecule has 26 heavy (non-hydrogen) atoms. The molecule has 1 amide bonds. The van der Waals surface area contributed by atoms with Gasteiger partial charge in [0.2, 0.25) is 5.76 Å². The molecule has 0 radical (unpaired) electrons. The molecule has 0 aliphatic carbocycles. The lowest BCUT2D eigenvalue weighted by Gasteiger charge is -2.36. The average Bonchev–Trinajstić information content (AvgIpc) is 3.29. The minimum absolute atomic E-state index is 0.131. The van der Waals surface area contributed by atoms with Crippen LogP contribution in [-0.2, 0) is 13.0 Å². The van der Waals surface area contributed by atoms with Gasteiger partial charge in [0.1, 0.15) is 0 Å². The third kappa shape index (κ3) is 3.03. The molecule has 6 heteroatoms. The van der Waals surface area contributed by atoms with Gasteiger partial charge >= 0.3 is 0 Å². The maximum atomic E-state index is 13.2. The number of hydrogen-bond donors (Lipinski definition) is 0. The molecule has 134 valence electrons. The molecule has 0 saturated heterocycles. The van der Waals surface area contributed by atoms with Crippen LogP contribution in [-0.4, -0.2) is 32.1 Å². The first-order valence-electron chi connectivity index (χ1n) is 8.95. The first kappa shape index (κ1) is 16.6. The molecule has 0 N–H and O–H groups in total. The number of amides is 1. The minimum Gasteiger partial charge on any atom is -0.351 e. The lowest BCUT2D eigenvalue weighted by molar-refractivity contribution is 0.0621. The summed E-state index contributed by atoms with van der Waals surface area (Å²) in [5, 5.41) is 4.06. The maximum absolute atomic E-state index is 13.2. The Morgan fingerprint density at radius 1 is 1.31 bits per heavy atom. The third-order valence-corrected chi connectivity index (χ3v) is 4.69.